The molecule has 2 rings (SSSR count). The molecule has 1 heterocycles. The van der Waals surface area contributed by atoms with Crippen LogP contribution in [0.1, 0.15) is 15.2 Å². The van der Waals surface area contributed by atoms with E-state index < -0.39 is 10.0 Å². The minimum atomic E-state index is -3.57. The van der Waals surface area contributed by atoms with Crippen molar-refractivity contribution in [3.63, 3.8) is 0 Å². The van der Waals surface area contributed by atoms with Crippen LogP contribution in [0, 0.1) is 6.92 Å². The first kappa shape index (κ1) is 15.5. The number of aryl methyl sites for hydroxylation is 1. The van der Waals surface area contributed by atoms with Gasteiger partial charge in [0.15, 0.2) is 0 Å². The van der Waals surface area contributed by atoms with Gasteiger partial charge in [0.2, 0.25) is 10.0 Å². The van der Waals surface area contributed by atoms with Gasteiger partial charge in [0.25, 0.3) is 5.91 Å². The molecule has 0 spiro atoms. The molecule has 0 saturated heterocycles. The van der Waals surface area contributed by atoms with E-state index in [4.69, 9.17) is 5.73 Å². The molecule has 21 heavy (non-hydrogen) atoms. The Bertz CT molecular complexity index is 782. The van der Waals surface area contributed by atoms with Gasteiger partial charge in [-0.3, -0.25) is 4.79 Å². The number of carbonyl (C=O) groups is 1. The number of benzene rings is 1. The first-order valence-corrected chi connectivity index (χ1v) is 8.40. The summed E-state index contributed by atoms with van der Waals surface area (Å²) in [6.45, 7) is 1.69. The molecule has 0 atom stereocenters. The van der Waals surface area contributed by atoms with Crippen LogP contribution in [-0.2, 0) is 10.0 Å². The summed E-state index contributed by atoms with van der Waals surface area (Å²) in [5.74, 6) is -0.362. The van der Waals surface area contributed by atoms with Crippen LogP contribution in [0.3, 0.4) is 0 Å². The third kappa shape index (κ3) is 3.23. The fourth-order valence-corrected chi connectivity index (χ4v) is 3.48. The number of nitrogens with two attached hydrogens (primary N) is 1. The second-order valence-electron chi connectivity index (χ2n) is 4.35. The Morgan fingerprint density at radius 3 is 2.57 bits per heavy atom. The van der Waals surface area contributed by atoms with E-state index in [1.807, 2.05) is 0 Å². The molecule has 8 heteroatoms. The molecule has 0 aliphatic heterocycles. The Morgan fingerprint density at radius 2 is 2.00 bits per heavy atom. The van der Waals surface area contributed by atoms with Crippen molar-refractivity contribution in [2.45, 2.75) is 11.8 Å². The minimum Gasteiger partial charge on any atom is -0.397 e. The van der Waals surface area contributed by atoms with Crippen molar-refractivity contribution >= 4 is 38.6 Å². The number of hydrogen-bond acceptors (Lipinski definition) is 5. The maximum atomic E-state index is 12.1. The van der Waals surface area contributed by atoms with Crippen molar-refractivity contribution in [1.82, 2.24) is 4.72 Å². The number of carbonyl (C=O) groups excluding carboxylic acids is 1. The van der Waals surface area contributed by atoms with E-state index in [1.165, 1.54) is 24.5 Å². The normalized spacial score (nSPS) is 11.3. The Kier molecular flexibility index (Phi) is 4.31. The van der Waals surface area contributed by atoms with Gasteiger partial charge in [-0.15, -0.1) is 11.3 Å². The van der Waals surface area contributed by atoms with E-state index in [0.717, 1.165) is 0 Å². The molecule has 0 unspecified atom stereocenters. The van der Waals surface area contributed by atoms with Crippen LogP contribution < -0.4 is 15.8 Å². The van der Waals surface area contributed by atoms with E-state index in [0.29, 0.717) is 21.8 Å². The number of amides is 1. The monoisotopic (exact) mass is 325 g/mol. The van der Waals surface area contributed by atoms with Gasteiger partial charge in [-0.2, -0.15) is 0 Å². The molecule has 0 bridgehead atoms. The predicted molar refractivity (Wildman–Crippen MR) is 84.1 cm³/mol. The molecule has 0 aliphatic rings. The van der Waals surface area contributed by atoms with E-state index >= 15 is 0 Å². The number of hydrogen-bond donors (Lipinski definition) is 3. The Morgan fingerprint density at radius 1 is 1.29 bits per heavy atom. The van der Waals surface area contributed by atoms with Crippen LogP contribution in [0.25, 0.3) is 0 Å². The number of nitrogens with one attached hydrogen (secondary N) is 2. The van der Waals surface area contributed by atoms with Crippen molar-refractivity contribution in [2.75, 3.05) is 18.1 Å². The molecule has 1 amide bonds. The molecule has 0 radical (unpaired) electrons. The van der Waals surface area contributed by atoms with Crippen LogP contribution in [0.5, 0.6) is 0 Å². The van der Waals surface area contributed by atoms with Gasteiger partial charge in [-0.05, 0) is 43.1 Å². The highest BCUT2D eigenvalue weighted by Crippen LogP contribution is 2.23. The van der Waals surface area contributed by atoms with Gasteiger partial charge in [0.1, 0.15) is 4.88 Å². The number of sulfonamides is 1. The first-order valence-electron chi connectivity index (χ1n) is 6.03. The number of nitrogen functional groups attached to an aromatic ring is 1. The summed E-state index contributed by atoms with van der Waals surface area (Å²) in [5.41, 5.74) is 7.07. The summed E-state index contributed by atoms with van der Waals surface area (Å²) in [7, 11) is -2.23. The Labute approximate surface area is 127 Å². The smallest absolute Gasteiger partial charge is 0.267 e. The molecular weight excluding hydrogens is 310 g/mol. The van der Waals surface area contributed by atoms with Gasteiger partial charge in [-0.1, -0.05) is 6.07 Å². The van der Waals surface area contributed by atoms with E-state index in [2.05, 4.69) is 10.0 Å². The highest BCUT2D eigenvalue weighted by atomic mass is 32.2. The minimum absolute atomic E-state index is 0.127. The van der Waals surface area contributed by atoms with Crippen molar-refractivity contribution in [2.24, 2.45) is 0 Å². The van der Waals surface area contributed by atoms with E-state index in [-0.39, 0.29) is 10.8 Å². The highest BCUT2D eigenvalue weighted by Gasteiger charge is 2.17. The van der Waals surface area contributed by atoms with Crippen LogP contribution in [0.2, 0.25) is 0 Å². The largest absolute Gasteiger partial charge is 0.397 e. The van der Waals surface area contributed by atoms with Gasteiger partial charge in [0, 0.05) is 5.69 Å². The zero-order valence-corrected chi connectivity index (χ0v) is 13.1. The van der Waals surface area contributed by atoms with Crippen molar-refractivity contribution in [3.05, 3.63) is 40.1 Å². The van der Waals surface area contributed by atoms with Crippen molar-refractivity contribution in [1.29, 1.82) is 0 Å². The summed E-state index contributed by atoms with van der Waals surface area (Å²) in [6.07, 6.45) is 0. The van der Waals surface area contributed by atoms with Crippen LogP contribution in [0.4, 0.5) is 11.4 Å². The van der Waals surface area contributed by atoms with Crippen LogP contribution >= 0.6 is 11.3 Å². The van der Waals surface area contributed by atoms with Gasteiger partial charge in [-0.25, -0.2) is 13.1 Å². The topological polar surface area (TPSA) is 101 Å². The SMILES string of the molecule is CNS(=O)(=O)c1cc(NC(=O)c2sccc2N)ccc1C. The number of anilines is 2. The quantitative estimate of drug-likeness (QED) is 0.797. The Balaban J connectivity index is 2.33. The number of rotatable bonds is 4. The molecule has 1 aromatic carbocycles. The molecular formula is C13H15N3O3S2. The maximum Gasteiger partial charge on any atom is 0.267 e. The molecule has 6 nitrogen and oxygen atoms in total. The Hall–Kier alpha value is -1.90. The summed E-state index contributed by atoms with van der Waals surface area (Å²) >= 11 is 1.23. The van der Waals surface area contributed by atoms with Crippen molar-refractivity contribution in [3.8, 4) is 0 Å². The zero-order valence-electron chi connectivity index (χ0n) is 11.5. The second kappa shape index (κ2) is 5.84. The van der Waals surface area contributed by atoms with Crippen LogP contribution in [0.15, 0.2) is 34.5 Å². The van der Waals surface area contributed by atoms with E-state index in [1.54, 1.807) is 30.5 Å². The maximum absolute atomic E-state index is 12.1. The summed E-state index contributed by atoms with van der Waals surface area (Å²) in [6, 6.07) is 6.35. The lowest BCUT2D eigenvalue weighted by Crippen LogP contribution is -2.20. The van der Waals surface area contributed by atoms with Gasteiger partial charge >= 0.3 is 0 Å². The van der Waals surface area contributed by atoms with Gasteiger partial charge < -0.3 is 11.1 Å². The lowest BCUT2D eigenvalue weighted by Gasteiger charge is -2.10. The third-order valence-electron chi connectivity index (χ3n) is 2.91. The lowest BCUT2D eigenvalue weighted by molar-refractivity contribution is 0.103. The summed E-state index contributed by atoms with van der Waals surface area (Å²) in [4.78, 5) is 12.6. The molecule has 2 aromatic rings. The number of thiophene rings is 1. The van der Waals surface area contributed by atoms with Gasteiger partial charge in [0.05, 0.1) is 10.6 Å². The summed E-state index contributed by atoms with van der Waals surface area (Å²) < 4.78 is 26.1. The molecule has 0 fully saturated rings. The van der Waals surface area contributed by atoms with Crippen LogP contribution in [-0.4, -0.2) is 21.4 Å². The average Bonchev–Trinajstić information content (AvgIpc) is 2.87. The summed E-state index contributed by atoms with van der Waals surface area (Å²) in [5, 5.41) is 4.37. The molecule has 112 valence electrons. The molecule has 4 N–H and O–H groups in total. The average molecular weight is 325 g/mol. The predicted octanol–water partition coefficient (Wildman–Crippen LogP) is 1.80. The lowest BCUT2D eigenvalue weighted by atomic mass is 10.2. The van der Waals surface area contributed by atoms with Crippen molar-refractivity contribution < 1.29 is 13.2 Å². The fraction of sp³-hybridized carbons (Fsp3) is 0.154. The molecule has 1 aromatic heterocycles. The highest BCUT2D eigenvalue weighted by molar-refractivity contribution is 7.89. The standard InChI is InChI=1S/C13H15N3O3S2/c1-8-3-4-9(7-11(8)21(18,19)15-2)16-13(17)12-10(14)5-6-20-12/h3-7,15H,14H2,1-2H3,(H,16,17). The van der Waals surface area contributed by atoms with E-state index in [9.17, 15) is 13.2 Å². The second-order valence-corrected chi connectivity index (χ2v) is 7.12. The third-order valence-corrected chi connectivity index (χ3v) is 5.39. The zero-order chi connectivity index (χ0) is 15.6. The molecule has 0 saturated carbocycles. The first-order chi connectivity index (χ1) is 9.85. The molecule has 0 aliphatic carbocycles. The fourth-order valence-electron chi connectivity index (χ4n) is 1.77.